The second kappa shape index (κ2) is 9.56. The number of sulfone groups is 1. The van der Waals surface area contributed by atoms with Crippen LogP contribution >= 0.6 is 0 Å². The number of hydrogen-bond acceptors (Lipinski definition) is 12. The highest BCUT2D eigenvalue weighted by atomic mass is 32.3. The Morgan fingerprint density at radius 1 is 0.889 bits per heavy atom. The molecule has 0 aromatic heterocycles. The quantitative estimate of drug-likeness (QED) is 0.150. The van der Waals surface area contributed by atoms with Gasteiger partial charge in [0.15, 0.2) is 15.6 Å². The molecule has 36 heavy (non-hydrogen) atoms. The van der Waals surface area contributed by atoms with Gasteiger partial charge in [0.1, 0.15) is 21.3 Å². The zero-order chi connectivity index (χ0) is 27.1. The maximum Gasteiger partial charge on any atom is 0.397 e. The Morgan fingerprint density at radius 2 is 1.56 bits per heavy atom. The van der Waals surface area contributed by atoms with Crippen molar-refractivity contribution < 1.29 is 48.0 Å². The van der Waals surface area contributed by atoms with Crippen molar-refractivity contribution in [1.29, 1.82) is 0 Å². The number of halogens is 1. The lowest BCUT2D eigenvalue weighted by Crippen LogP contribution is -2.16. The summed E-state index contributed by atoms with van der Waals surface area (Å²) in [5.41, 5.74) is 10.5. The van der Waals surface area contributed by atoms with Crippen molar-refractivity contribution in [2.24, 2.45) is 10.2 Å². The zero-order valence-corrected chi connectivity index (χ0v) is 20.2. The van der Waals surface area contributed by atoms with E-state index >= 15 is 0 Å². The number of hydrogen-bond donors (Lipinski definition) is 5. The predicted molar refractivity (Wildman–Crippen MR) is 124 cm³/mol. The average Bonchev–Trinajstić information content (AvgIpc) is 2.73. The van der Waals surface area contributed by atoms with Crippen molar-refractivity contribution in [3.8, 4) is 5.75 Å². The van der Waals surface area contributed by atoms with Crippen LogP contribution in [0.1, 0.15) is 0 Å². The van der Waals surface area contributed by atoms with Crippen LogP contribution in [0.5, 0.6) is 5.75 Å². The van der Waals surface area contributed by atoms with Gasteiger partial charge < -0.3 is 16.6 Å². The Labute approximate surface area is 203 Å². The summed E-state index contributed by atoms with van der Waals surface area (Å²) in [4.78, 5) is -1.73. The minimum Gasteiger partial charge on any atom is -0.505 e. The van der Waals surface area contributed by atoms with Crippen LogP contribution in [0.15, 0.2) is 56.4 Å². The van der Waals surface area contributed by atoms with Gasteiger partial charge >= 0.3 is 10.4 Å². The first-order valence-electron chi connectivity index (χ1n) is 9.38. The van der Waals surface area contributed by atoms with Crippen molar-refractivity contribution in [2.75, 3.05) is 23.8 Å². The van der Waals surface area contributed by atoms with Gasteiger partial charge in [-0.2, -0.15) is 21.9 Å². The summed E-state index contributed by atoms with van der Waals surface area (Å²) in [5.74, 6) is -3.05. The van der Waals surface area contributed by atoms with E-state index in [0.717, 1.165) is 18.2 Å². The topological polar surface area (TPSA) is 249 Å². The number of nitrogens with zero attached hydrogens (tertiary/aromatic N) is 2. The number of nitrogens with two attached hydrogens (primary N) is 2. The fraction of sp³-hybridized carbons (Fsp3) is 0.111. The molecule has 0 aliphatic carbocycles. The number of phenolic OH excluding ortho intramolecular Hbond substituents is 1. The first-order chi connectivity index (χ1) is 16.5. The molecule has 3 aromatic rings. The smallest absolute Gasteiger partial charge is 0.397 e. The number of fused-ring (bicyclic) bond motifs is 1. The number of rotatable bonds is 8. The summed E-state index contributed by atoms with van der Waals surface area (Å²) in [6.45, 7) is -0.974. The van der Waals surface area contributed by atoms with E-state index in [1.54, 1.807) is 0 Å². The summed E-state index contributed by atoms with van der Waals surface area (Å²) in [6.07, 6.45) is 0. The third-order valence-electron chi connectivity index (χ3n) is 4.69. The van der Waals surface area contributed by atoms with Gasteiger partial charge in [0.2, 0.25) is 0 Å². The van der Waals surface area contributed by atoms with Gasteiger partial charge in [0, 0.05) is 16.8 Å². The van der Waals surface area contributed by atoms with Gasteiger partial charge in [-0.05, 0) is 30.3 Å². The Balaban J connectivity index is 2.02. The van der Waals surface area contributed by atoms with E-state index in [4.69, 9.17) is 16.0 Å². The normalized spacial score (nSPS) is 13.0. The number of nitrogen functional groups attached to an aromatic ring is 2. The summed E-state index contributed by atoms with van der Waals surface area (Å²) in [6, 6.07) is 5.93. The molecule has 0 atom stereocenters. The molecule has 0 saturated heterocycles. The third-order valence-corrected chi connectivity index (χ3v) is 7.72. The zero-order valence-electron chi connectivity index (χ0n) is 17.7. The molecule has 14 nitrogen and oxygen atoms in total. The highest BCUT2D eigenvalue weighted by Gasteiger charge is 2.24. The standard InChI is InChI=1S/C18H17FN4O10S3/c19-12-7-9(1-4-14(12)34(25,26)6-5-33-36(30,31)32)22-23-17-15(35(27,28)29)8-11-10(18(17)24)2-3-13(20)16(11)21/h1-4,7-8,24H,5-6,20-21H2,(H,27,28,29)(H,30,31,32). The molecular weight excluding hydrogens is 547 g/mol. The molecule has 0 fully saturated rings. The second-order valence-electron chi connectivity index (χ2n) is 7.09. The van der Waals surface area contributed by atoms with Crippen LogP contribution in [0.2, 0.25) is 0 Å². The molecule has 194 valence electrons. The van der Waals surface area contributed by atoms with Crippen LogP contribution in [0.3, 0.4) is 0 Å². The molecule has 0 heterocycles. The first-order valence-corrected chi connectivity index (χ1v) is 13.8. The van der Waals surface area contributed by atoms with Crippen LogP contribution in [0.25, 0.3) is 10.8 Å². The number of benzene rings is 3. The molecular formula is C18H17FN4O10S3. The summed E-state index contributed by atoms with van der Waals surface area (Å²) in [7, 11) is -14.3. The van der Waals surface area contributed by atoms with Gasteiger partial charge in [-0.3, -0.25) is 9.11 Å². The maximum atomic E-state index is 14.5. The number of anilines is 2. The predicted octanol–water partition coefficient (Wildman–Crippen LogP) is 2.10. The Kier molecular flexibility index (Phi) is 7.22. The van der Waals surface area contributed by atoms with E-state index in [1.165, 1.54) is 12.1 Å². The lowest BCUT2D eigenvalue weighted by molar-refractivity contribution is 0.284. The lowest BCUT2D eigenvalue weighted by Gasteiger charge is -2.11. The average molecular weight is 565 g/mol. The molecule has 18 heteroatoms. The van der Waals surface area contributed by atoms with E-state index in [2.05, 4.69) is 14.4 Å². The molecule has 0 amide bonds. The number of phenols is 1. The van der Waals surface area contributed by atoms with Gasteiger partial charge in [-0.1, -0.05) is 0 Å². The number of aromatic hydroxyl groups is 1. The highest BCUT2D eigenvalue weighted by molar-refractivity contribution is 7.91. The lowest BCUT2D eigenvalue weighted by atomic mass is 10.1. The molecule has 0 aliphatic rings. The monoisotopic (exact) mass is 564 g/mol. The van der Waals surface area contributed by atoms with Gasteiger partial charge in [-0.25, -0.2) is 17.0 Å². The minimum atomic E-state index is -4.97. The Bertz CT molecular complexity index is 1720. The fourth-order valence-electron chi connectivity index (χ4n) is 3.02. The van der Waals surface area contributed by atoms with E-state index in [-0.39, 0.29) is 27.8 Å². The van der Waals surface area contributed by atoms with Gasteiger partial charge in [-0.15, -0.1) is 5.11 Å². The molecule has 0 spiro atoms. The van der Waals surface area contributed by atoms with E-state index in [1.807, 2.05) is 0 Å². The fourth-order valence-corrected chi connectivity index (χ4v) is 5.23. The summed E-state index contributed by atoms with van der Waals surface area (Å²) >= 11 is 0. The van der Waals surface area contributed by atoms with Crippen LogP contribution in [-0.4, -0.2) is 51.8 Å². The summed E-state index contributed by atoms with van der Waals surface area (Å²) in [5, 5.41) is 17.8. The van der Waals surface area contributed by atoms with Crippen LogP contribution in [-0.2, 0) is 34.5 Å². The molecule has 0 unspecified atom stereocenters. The molecule has 0 bridgehead atoms. The van der Waals surface area contributed by atoms with Gasteiger partial charge in [0.05, 0.1) is 29.4 Å². The van der Waals surface area contributed by atoms with Crippen molar-refractivity contribution >= 4 is 63.9 Å². The maximum absolute atomic E-state index is 14.5. The SMILES string of the molecule is Nc1ccc2c(O)c(N=Nc3ccc(S(=O)(=O)CCOS(=O)(=O)O)c(F)c3)c(S(=O)(=O)O)cc2c1N. The molecule has 3 rings (SSSR count). The van der Waals surface area contributed by atoms with Crippen molar-refractivity contribution in [1.82, 2.24) is 0 Å². The molecule has 7 N–H and O–H groups in total. The molecule has 0 radical (unpaired) electrons. The van der Waals surface area contributed by atoms with Crippen molar-refractivity contribution in [3.05, 3.63) is 42.2 Å². The first kappa shape index (κ1) is 27.2. The van der Waals surface area contributed by atoms with E-state index in [9.17, 15) is 39.3 Å². The third kappa shape index (κ3) is 5.86. The van der Waals surface area contributed by atoms with Crippen LogP contribution < -0.4 is 11.5 Å². The minimum absolute atomic E-state index is 0.00217. The highest BCUT2D eigenvalue weighted by Crippen LogP contribution is 2.44. The van der Waals surface area contributed by atoms with Crippen LogP contribution in [0, 0.1) is 5.82 Å². The molecule has 0 saturated carbocycles. The molecule has 0 aliphatic heterocycles. The van der Waals surface area contributed by atoms with Gasteiger partial charge in [0.25, 0.3) is 10.1 Å². The molecule has 3 aromatic carbocycles. The number of azo groups is 1. The largest absolute Gasteiger partial charge is 0.505 e. The van der Waals surface area contributed by atoms with Crippen molar-refractivity contribution in [3.63, 3.8) is 0 Å². The Morgan fingerprint density at radius 3 is 2.14 bits per heavy atom. The summed E-state index contributed by atoms with van der Waals surface area (Å²) < 4.78 is 106. The Hall–Kier alpha value is -3.42. The van der Waals surface area contributed by atoms with Crippen molar-refractivity contribution in [2.45, 2.75) is 9.79 Å². The second-order valence-corrected chi connectivity index (χ2v) is 11.7. The van der Waals surface area contributed by atoms with E-state index in [0.29, 0.717) is 6.07 Å². The van der Waals surface area contributed by atoms with E-state index < -0.39 is 69.8 Å². The van der Waals surface area contributed by atoms with Crippen LogP contribution in [0.4, 0.5) is 27.1 Å².